The second-order valence-electron chi connectivity index (χ2n) is 6.78. The molecule has 1 heterocycles. The third-order valence-corrected chi connectivity index (χ3v) is 5.87. The molecule has 0 unspecified atom stereocenters. The van der Waals surface area contributed by atoms with Gasteiger partial charge in [0, 0.05) is 11.0 Å². The molecule has 0 aliphatic heterocycles. The summed E-state index contributed by atoms with van der Waals surface area (Å²) in [4.78, 5) is 30.1. The monoisotopic (exact) mass is 475 g/mol. The van der Waals surface area contributed by atoms with Crippen LogP contribution in [0.3, 0.4) is 0 Å². The molecule has 6 nitrogen and oxygen atoms in total. The highest BCUT2D eigenvalue weighted by Crippen LogP contribution is 2.24. The number of rotatable bonds is 7. The first kappa shape index (κ1) is 21.5. The summed E-state index contributed by atoms with van der Waals surface area (Å²) in [6.07, 6.45) is -0.722. The maximum absolute atomic E-state index is 13.0. The Balaban J connectivity index is 1.84. The number of thioether (sulfide) groups is 1. The number of amides is 1. The Kier molecular flexibility index (Phi) is 7.10. The average Bonchev–Trinajstić information content (AvgIpc) is 2.70. The Bertz CT molecular complexity index is 1070. The van der Waals surface area contributed by atoms with Gasteiger partial charge in [0.25, 0.3) is 5.56 Å². The number of aromatic nitrogens is 2. The Morgan fingerprint density at radius 2 is 1.97 bits per heavy atom. The predicted octanol–water partition coefficient (Wildman–Crippen LogP) is 3.34. The SMILES string of the molecule is C[C@H](O)Cn1c(S[C@@H](C)C(=O)NCc2ccccc2)nc2ccc(Br)cc2c1=O. The minimum atomic E-state index is -0.722. The third kappa shape index (κ3) is 5.46. The average molecular weight is 476 g/mol. The number of hydrogen-bond acceptors (Lipinski definition) is 5. The summed E-state index contributed by atoms with van der Waals surface area (Å²) in [6.45, 7) is 3.93. The van der Waals surface area contributed by atoms with Gasteiger partial charge in [-0.25, -0.2) is 4.98 Å². The molecule has 0 bridgehead atoms. The molecule has 2 aromatic carbocycles. The van der Waals surface area contributed by atoms with Crippen LogP contribution in [-0.4, -0.2) is 31.9 Å². The normalized spacial score (nSPS) is 13.2. The molecule has 1 aromatic heterocycles. The van der Waals surface area contributed by atoms with Crippen LogP contribution in [0.2, 0.25) is 0 Å². The van der Waals surface area contributed by atoms with Gasteiger partial charge in [0.15, 0.2) is 5.16 Å². The zero-order valence-electron chi connectivity index (χ0n) is 16.1. The number of carbonyl (C=O) groups excluding carboxylic acids is 1. The number of hydrogen-bond donors (Lipinski definition) is 2. The van der Waals surface area contributed by atoms with Crippen molar-refractivity contribution < 1.29 is 9.90 Å². The lowest BCUT2D eigenvalue weighted by molar-refractivity contribution is -0.120. The van der Waals surface area contributed by atoms with Crippen LogP contribution in [0, 0.1) is 0 Å². The number of nitrogens with zero attached hydrogens (tertiary/aromatic N) is 2. The van der Waals surface area contributed by atoms with E-state index in [4.69, 9.17) is 0 Å². The van der Waals surface area contributed by atoms with E-state index in [0.29, 0.717) is 22.6 Å². The number of aliphatic hydroxyl groups excluding tert-OH is 1. The second kappa shape index (κ2) is 9.56. The first-order valence-electron chi connectivity index (χ1n) is 9.21. The maximum atomic E-state index is 13.0. The fraction of sp³-hybridized carbons (Fsp3) is 0.286. The molecule has 0 fully saturated rings. The van der Waals surface area contributed by atoms with Crippen LogP contribution < -0.4 is 10.9 Å². The standard InChI is InChI=1S/C21H22BrN3O3S/c1-13(26)12-25-20(28)17-10-16(22)8-9-18(17)24-21(25)29-14(2)19(27)23-11-15-6-4-3-5-7-15/h3-10,13-14,26H,11-12H2,1-2H3,(H,23,27)/t13-,14-/m0/s1. The molecular weight excluding hydrogens is 454 g/mol. The van der Waals surface area contributed by atoms with E-state index < -0.39 is 11.4 Å². The van der Waals surface area contributed by atoms with Crippen molar-refractivity contribution >= 4 is 44.5 Å². The molecule has 0 aliphatic rings. The minimum Gasteiger partial charge on any atom is -0.392 e. The smallest absolute Gasteiger partial charge is 0.262 e. The topological polar surface area (TPSA) is 84.2 Å². The van der Waals surface area contributed by atoms with Gasteiger partial charge in [0.1, 0.15) is 0 Å². The van der Waals surface area contributed by atoms with Crippen molar-refractivity contribution in [2.75, 3.05) is 0 Å². The van der Waals surface area contributed by atoms with Crippen LogP contribution in [0.1, 0.15) is 19.4 Å². The van der Waals surface area contributed by atoms with Gasteiger partial charge in [-0.2, -0.15) is 0 Å². The molecule has 0 aliphatic carbocycles. The van der Waals surface area contributed by atoms with Gasteiger partial charge >= 0.3 is 0 Å². The van der Waals surface area contributed by atoms with Crippen molar-refractivity contribution in [3.8, 4) is 0 Å². The second-order valence-corrected chi connectivity index (χ2v) is 9.01. The summed E-state index contributed by atoms with van der Waals surface area (Å²) in [6, 6.07) is 15.0. The van der Waals surface area contributed by atoms with E-state index in [1.807, 2.05) is 36.4 Å². The van der Waals surface area contributed by atoms with Crippen molar-refractivity contribution in [2.24, 2.45) is 0 Å². The van der Waals surface area contributed by atoms with Gasteiger partial charge < -0.3 is 10.4 Å². The highest BCUT2D eigenvalue weighted by atomic mass is 79.9. The highest BCUT2D eigenvalue weighted by molar-refractivity contribution is 9.10. The minimum absolute atomic E-state index is 0.106. The lowest BCUT2D eigenvalue weighted by Gasteiger charge is -2.17. The van der Waals surface area contributed by atoms with Gasteiger partial charge in [0.2, 0.25) is 5.91 Å². The molecule has 0 spiro atoms. The predicted molar refractivity (Wildman–Crippen MR) is 119 cm³/mol. The van der Waals surface area contributed by atoms with Crippen LogP contribution in [0.4, 0.5) is 0 Å². The van der Waals surface area contributed by atoms with Crippen LogP contribution in [0.25, 0.3) is 10.9 Å². The molecule has 0 saturated carbocycles. The lowest BCUT2D eigenvalue weighted by Crippen LogP contribution is -2.32. The van der Waals surface area contributed by atoms with Crippen molar-refractivity contribution in [3.05, 3.63) is 68.9 Å². The van der Waals surface area contributed by atoms with Crippen LogP contribution >= 0.6 is 27.7 Å². The van der Waals surface area contributed by atoms with E-state index >= 15 is 0 Å². The summed E-state index contributed by atoms with van der Waals surface area (Å²) >= 11 is 4.58. The number of aliphatic hydroxyl groups is 1. The molecule has 8 heteroatoms. The van der Waals surface area contributed by atoms with E-state index in [-0.39, 0.29) is 18.0 Å². The van der Waals surface area contributed by atoms with Crippen LogP contribution in [0.15, 0.2) is 63.0 Å². The van der Waals surface area contributed by atoms with Gasteiger partial charge in [-0.3, -0.25) is 14.2 Å². The summed E-state index contributed by atoms with van der Waals surface area (Å²) in [7, 11) is 0. The molecule has 152 valence electrons. The number of halogens is 1. The summed E-state index contributed by atoms with van der Waals surface area (Å²) in [5, 5.41) is 13.2. The number of nitrogens with one attached hydrogen (secondary N) is 1. The first-order valence-corrected chi connectivity index (χ1v) is 10.9. The first-order chi connectivity index (χ1) is 13.8. The molecule has 2 atom stereocenters. The summed E-state index contributed by atoms with van der Waals surface area (Å²) in [5.74, 6) is -0.146. The van der Waals surface area contributed by atoms with E-state index in [0.717, 1.165) is 10.0 Å². The number of fused-ring (bicyclic) bond motifs is 1. The molecule has 1 amide bonds. The van der Waals surface area contributed by atoms with E-state index in [1.165, 1.54) is 16.3 Å². The zero-order valence-corrected chi connectivity index (χ0v) is 18.5. The molecule has 0 radical (unpaired) electrons. The van der Waals surface area contributed by atoms with Crippen molar-refractivity contribution in [1.29, 1.82) is 0 Å². The number of carbonyl (C=O) groups is 1. The van der Waals surface area contributed by atoms with Crippen molar-refractivity contribution in [1.82, 2.24) is 14.9 Å². The summed E-state index contributed by atoms with van der Waals surface area (Å²) < 4.78 is 2.21. The van der Waals surface area contributed by atoms with Crippen molar-refractivity contribution in [3.63, 3.8) is 0 Å². The summed E-state index contributed by atoms with van der Waals surface area (Å²) in [5.41, 5.74) is 1.33. The third-order valence-electron chi connectivity index (χ3n) is 4.29. The largest absolute Gasteiger partial charge is 0.392 e. The number of benzene rings is 2. The Hall–Kier alpha value is -2.16. The highest BCUT2D eigenvalue weighted by Gasteiger charge is 2.20. The Morgan fingerprint density at radius 1 is 1.24 bits per heavy atom. The maximum Gasteiger partial charge on any atom is 0.262 e. The van der Waals surface area contributed by atoms with Gasteiger partial charge in [0.05, 0.1) is 28.8 Å². The fourth-order valence-corrected chi connectivity index (χ4v) is 4.13. The van der Waals surface area contributed by atoms with E-state index in [9.17, 15) is 14.7 Å². The fourth-order valence-electron chi connectivity index (χ4n) is 2.83. The quantitative estimate of drug-likeness (QED) is 0.404. The molecule has 3 rings (SSSR count). The molecule has 29 heavy (non-hydrogen) atoms. The molecule has 2 N–H and O–H groups in total. The van der Waals surface area contributed by atoms with Gasteiger partial charge in [-0.15, -0.1) is 0 Å². The van der Waals surface area contributed by atoms with Gasteiger partial charge in [-0.05, 0) is 37.6 Å². The molecular formula is C21H22BrN3O3S. The van der Waals surface area contributed by atoms with Crippen LogP contribution in [0.5, 0.6) is 0 Å². The van der Waals surface area contributed by atoms with Crippen molar-refractivity contribution in [2.45, 2.75) is 43.4 Å². The Morgan fingerprint density at radius 3 is 2.66 bits per heavy atom. The molecule has 0 saturated heterocycles. The van der Waals surface area contributed by atoms with Gasteiger partial charge in [-0.1, -0.05) is 58.0 Å². The van der Waals surface area contributed by atoms with E-state index in [2.05, 4.69) is 26.2 Å². The molecule has 3 aromatic rings. The van der Waals surface area contributed by atoms with E-state index in [1.54, 1.807) is 26.0 Å². The zero-order chi connectivity index (χ0) is 21.0. The van der Waals surface area contributed by atoms with Crippen LogP contribution in [-0.2, 0) is 17.9 Å². The lowest BCUT2D eigenvalue weighted by atomic mass is 10.2. The Labute approximate surface area is 181 Å².